The highest BCUT2D eigenvalue weighted by atomic mass is 79.9. The number of ether oxygens (including phenoxy) is 1. The van der Waals surface area contributed by atoms with Crippen molar-refractivity contribution in [1.82, 2.24) is 0 Å². The van der Waals surface area contributed by atoms with Crippen molar-refractivity contribution in [2.75, 3.05) is 11.9 Å². The Hall–Kier alpha value is -2.00. The molecule has 0 fully saturated rings. The SMILES string of the molecule is O=C(COc1ccccc1Br)Nc1ccc(S(=O)(=O)C(F)F)cc1. The molecule has 0 unspecified atom stereocenters. The van der Waals surface area contributed by atoms with E-state index < -0.39 is 26.4 Å². The van der Waals surface area contributed by atoms with Crippen LogP contribution in [0.3, 0.4) is 0 Å². The van der Waals surface area contributed by atoms with Gasteiger partial charge in [0.05, 0.1) is 9.37 Å². The molecule has 0 bridgehead atoms. The molecule has 5 nitrogen and oxygen atoms in total. The Morgan fingerprint density at radius 1 is 1.12 bits per heavy atom. The molecular formula is C15H12BrF2NO4S. The molecule has 0 heterocycles. The van der Waals surface area contributed by atoms with Crippen LogP contribution < -0.4 is 10.1 Å². The lowest BCUT2D eigenvalue weighted by atomic mass is 10.3. The number of carbonyl (C=O) groups excluding carboxylic acids is 1. The van der Waals surface area contributed by atoms with Crippen LogP contribution in [0.1, 0.15) is 0 Å². The largest absolute Gasteiger partial charge is 0.483 e. The van der Waals surface area contributed by atoms with E-state index in [1.165, 1.54) is 12.1 Å². The smallest absolute Gasteiger partial charge is 0.341 e. The van der Waals surface area contributed by atoms with Crippen molar-refractivity contribution in [2.45, 2.75) is 10.7 Å². The van der Waals surface area contributed by atoms with E-state index in [0.29, 0.717) is 10.2 Å². The zero-order valence-corrected chi connectivity index (χ0v) is 14.5. The third-order valence-electron chi connectivity index (χ3n) is 2.90. The number of para-hydroxylation sites is 1. The maximum Gasteiger partial charge on any atom is 0.341 e. The number of halogens is 3. The predicted molar refractivity (Wildman–Crippen MR) is 87.9 cm³/mol. The van der Waals surface area contributed by atoms with Crippen LogP contribution in [-0.2, 0) is 14.6 Å². The minimum atomic E-state index is -4.65. The number of alkyl halides is 2. The second-order valence-corrected chi connectivity index (χ2v) is 7.37. The Kier molecular flexibility index (Phi) is 5.89. The van der Waals surface area contributed by atoms with Gasteiger partial charge in [0, 0.05) is 5.69 Å². The lowest BCUT2D eigenvalue weighted by molar-refractivity contribution is -0.118. The second-order valence-electron chi connectivity index (χ2n) is 4.60. The Bertz CT molecular complexity index is 826. The number of amides is 1. The first-order valence-electron chi connectivity index (χ1n) is 6.60. The predicted octanol–water partition coefficient (Wildman–Crippen LogP) is 3.46. The summed E-state index contributed by atoms with van der Waals surface area (Å²) in [5.41, 5.74) is 0.268. The number of anilines is 1. The molecule has 0 aliphatic rings. The quantitative estimate of drug-likeness (QED) is 0.777. The van der Waals surface area contributed by atoms with Gasteiger partial charge in [0.15, 0.2) is 6.61 Å². The molecule has 0 spiro atoms. The summed E-state index contributed by atoms with van der Waals surface area (Å²) in [6.45, 7) is -0.264. The fourth-order valence-corrected chi connectivity index (χ4v) is 2.85. The molecule has 0 aliphatic carbocycles. The highest BCUT2D eigenvalue weighted by Crippen LogP contribution is 2.24. The Labute approximate surface area is 145 Å². The molecule has 0 saturated heterocycles. The molecule has 0 aromatic heterocycles. The highest BCUT2D eigenvalue weighted by Gasteiger charge is 2.26. The van der Waals surface area contributed by atoms with Crippen molar-refractivity contribution < 1.29 is 26.7 Å². The molecule has 9 heteroatoms. The molecule has 1 amide bonds. The van der Waals surface area contributed by atoms with Gasteiger partial charge in [0.1, 0.15) is 5.75 Å². The van der Waals surface area contributed by atoms with Crippen molar-refractivity contribution in [3.8, 4) is 5.75 Å². The van der Waals surface area contributed by atoms with Crippen LogP contribution in [0.4, 0.5) is 14.5 Å². The molecule has 0 aliphatic heterocycles. The fourth-order valence-electron chi connectivity index (χ4n) is 1.73. The van der Waals surface area contributed by atoms with Crippen LogP contribution >= 0.6 is 15.9 Å². The zero-order valence-electron chi connectivity index (χ0n) is 12.1. The number of nitrogens with one attached hydrogen (secondary N) is 1. The first-order valence-corrected chi connectivity index (χ1v) is 8.94. The monoisotopic (exact) mass is 419 g/mol. The van der Waals surface area contributed by atoms with Gasteiger partial charge in [0.25, 0.3) is 5.91 Å². The van der Waals surface area contributed by atoms with Crippen molar-refractivity contribution in [2.24, 2.45) is 0 Å². The number of carbonyl (C=O) groups is 1. The molecular weight excluding hydrogens is 408 g/mol. The normalized spacial score (nSPS) is 11.3. The second kappa shape index (κ2) is 7.71. The lowest BCUT2D eigenvalue weighted by Crippen LogP contribution is -2.20. The van der Waals surface area contributed by atoms with Crippen LogP contribution in [0.5, 0.6) is 5.75 Å². The van der Waals surface area contributed by atoms with Gasteiger partial charge < -0.3 is 10.1 Å². The Morgan fingerprint density at radius 3 is 2.33 bits per heavy atom. The summed E-state index contributed by atoms with van der Waals surface area (Å²) in [4.78, 5) is 11.3. The van der Waals surface area contributed by atoms with E-state index in [0.717, 1.165) is 12.1 Å². The minimum absolute atomic E-state index is 0.264. The van der Waals surface area contributed by atoms with E-state index in [1.54, 1.807) is 24.3 Å². The van der Waals surface area contributed by atoms with Gasteiger partial charge in [0.2, 0.25) is 9.84 Å². The van der Waals surface area contributed by atoms with Gasteiger partial charge in [-0.05, 0) is 52.3 Å². The summed E-state index contributed by atoms with van der Waals surface area (Å²) in [6.07, 6.45) is 0. The summed E-state index contributed by atoms with van der Waals surface area (Å²) < 4.78 is 53.5. The van der Waals surface area contributed by atoms with Crippen LogP contribution in [0, 0.1) is 0 Å². The van der Waals surface area contributed by atoms with Gasteiger partial charge in [-0.25, -0.2) is 8.42 Å². The highest BCUT2D eigenvalue weighted by molar-refractivity contribution is 9.10. The molecule has 2 rings (SSSR count). The molecule has 0 saturated carbocycles. The zero-order chi connectivity index (χ0) is 17.7. The Balaban J connectivity index is 1.96. The minimum Gasteiger partial charge on any atom is -0.483 e. The number of hydrogen-bond acceptors (Lipinski definition) is 4. The van der Waals surface area contributed by atoms with Gasteiger partial charge in [-0.2, -0.15) is 8.78 Å². The van der Waals surface area contributed by atoms with E-state index >= 15 is 0 Å². The molecule has 0 radical (unpaired) electrons. The molecule has 0 atom stereocenters. The first kappa shape index (κ1) is 18.3. The number of hydrogen-bond donors (Lipinski definition) is 1. The standard InChI is InChI=1S/C15H12BrF2NO4S/c16-12-3-1-2-4-13(12)23-9-14(20)19-10-5-7-11(8-6-10)24(21,22)15(17)18/h1-8,15H,9H2,(H,19,20). The van der Waals surface area contributed by atoms with Gasteiger partial charge in [-0.15, -0.1) is 0 Å². The van der Waals surface area contributed by atoms with Gasteiger partial charge in [-0.1, -0.05) is 12.1 Å². The third kappa shape index (κ3) is 4.51. The molecule has 1 N–H and O–H groups in total. The first-order chi connectivity index (χ1) is 11.3. The topological polar surface area (TPSA) is 72.5 Å². The number of benzene rings is 2. The maximum absolute atomic E-state index is 12.4. The van der Waals surface area contributed by atoms with Gasteiger partial charge >= 0.3 is 5.76 Å². The van der Waals surface area contributed by atoms with Gasteiger partial charge in [-0.3, -0.25) is 4.79 Å². The van der Waals surface area contributed by atoms with Crippen molar-refractivity contribution in [3.05, 3.63) is 53.0 Å². The van der Waals surface area contributed by atoms with Crippen molar-refractivity contribution >= 4 is 37.4 Å². The Morgan fingerprint density at radius 2 is 1.75 bits per heavy atom. The summed E-state index contributed by atoms with van der Waals surface area (Å²) in [7, 11) is -4.65. The molecule has 24 heavy (non-hydrogen) atoms. The average molecular weight is 420 g/mol. The van der Waals surface area contributed by atoms with Crippen LogP contribution in [-0.4, -0.2) is 26.7 Å². The van der Waals surface area contributed by atoms with E-state index in [4.69, 9.17) is 4.74 Å². The summed E-state index contributed by atoms with van der Waals surface area (Å²) in [5.74, 6) is -3.48. The van der Waals surface area contributed by atoms with E-state index in [-0.39, 0.29) is 12.3 Å². The summed E-state index contributed by atoms with van der Waals surface area (Å²) in [6, 6.07) is 11.5. The van der Waals surface area contributed by atoms with Crippen LogP contribution in [0.15, 0.2) is 57.9 Å². The number of rotatable bonds is 6. The third-order valence-corrected chi connectivity index (χ3v) is 4.95. The molecule has 2 aromatic carbocycles. The molecule has 2 aromatic rings. The summed E-state index contributed by atoms with van der Waals surface area (Å²) in [5, 5.41) is 2.48. The lowest BCUT2D eigenvalue weighted by Gasteiger charge is -2.09. The van der Waals surface area contributed by atoms with Crippen molar-refractivity contribution in [3.63, 3.8) is 0 Å². The average Bonchev–Trinajstić information content (AvgIpc) is 2.54. The van der Waals surface area contributed by atoms with Crippen LogP contribution in [0.25, 0.3) is 0 Å². The van der Waals surface area contributed by atoms with E-state index in [9.17, 15) is 22.0 Å². The molecule has 128 valence electrons. The van der Waals surface area contributed by atoms with E-state index in [2.05, 4.69) is 21.2 Å². The number of sulfone groups is 1. The van der Waals surface area contributed by atoms with E-state index in [1.807, 2.05) is 0 Å². The van der Waals surface area contributed by atoms with Crippen LogP contribution in [0.2, 0.25) is 0 Å². The maximum atomic E-state index is 12.4. The van der Waals surface area contributed by atoms with Crippen molar-refractivity contribution in [1.29, 1.82) is 0 Å². The fraction of sp³-hybridized carbons (Fsp3) is 0.133. The summed E-state index contributed by atoms with van der Waals surface area (Å²) >= 11 is 3.28.